The van der Waals surface area contributed by atoms with Crippen LogP contribution < -0.4 is 10.2 Å². The molecule has 0 aliphatic heterocycles. The molecule has 0 aliphatic carbocycles. The zero-order valence-corrected chi connectivity index (χ0v) is 12.7. The van der Waals surface area contributed by atoms with Gasteiger partial charge in [-0.3, -0.25) is 4.79 Å². The second kappa shape index (κ2) is 8.59. The molecule has 1 amide bonds. The van der Waals surface area contributed by atoms with E-state index in [9.17, 15) is 4.79 Å². The SMILES string of the molecule is CCN(CC(=O)NC(CCO)C(C)C)c1ccccc1. The van der Waals surface area contributed by atoms with E-state index < -0.39 is 0 Å². The molecule has 1 aromatic carbocycles. The summed E-state index contributed by atoms with van der Waals surface area (Å²) < 4.78 is 0. The Balaban J connectivity index is 2.59. The average Bonchev–Trinajstić information content (AvgIpc) is 2.45. The summed E-state index contributed by atoms with van der Waals surface area (Å²) in [5.41, 5.74) is 1.05. The lowest BCUT2D eigenvalue weighted by Gasteiger charge is -2.26. The van der Waals surface area contributed by atoms with Crippen molar-refractivity contribution in [3.63, 3.8) is 0 Å². The van der Waals surface area contributed by atoms with E-state index in [1.807, 2.05) is 42.2 Å². The van der Waals surface area contributed by atoms with Gasteiger partial charge in [0.2, 0.25) is 5.91 Å². The number of benzene rings is 1. The van der Waals surface area contributed by atoms with E-state index >= 15 is 0 Å². The number of nitrogens with one attached hydrogen (secondary N) is 1. The summed E-state index contributed by atoms with van der Waals surface area (Å²) in [5.74, 6) is 0.320. The van der Waals surface area contributed by atoms with Gasteiger partial charge in [-0.15, -0.1) is 0 Å². The van der Waals surface area contributed by atoms with Crippen LogP contribution in [0.25, 0.3) is 0 Å². The van der Waals surface area contributed by atoms with Gasteiger partial charge in [-0.2, -0.15) is 0 Å². The minimum atomic E-state index is 0.00264. The summed E-state index contributed by atoms with van der Waals surface area (Å²) in [5, 5.41) is 12.1. The number of rotatable bonds is 8. The Labute approximate surface area is 121 Å². The third-order valence-corrected chi connectivity index (χ3v) is 3.43. The van der Waals surface area contributed by atoms with Crippen molar-refractivity contribution >= 4 is 11.6 Å². The molecule has 1 aromatic rings. The van der Waals surface area contributed by atoms with Gasteiger partial charge in [0.1, 0.15) is 0 Å². The molecule has 0 fully saturated rings. The molecule has 0 radical (unpaired) electrons. The van der Waals surface area contributed by atoms with Gasteiger partial charge < -0.3 is 15.3 Å². The van der Waals surface area contributed by atoms with Crippen LogP contribution in [0.2, 0.25) is 0 Å². The summed E-state index contributed by atoms with van der Waals surface area (Å²) in [6.45, 7) is 7.36. The van der Waals surface area contributed by atoms with Crippen molar-refractivity contribution in [1.82, 2.24) is 5.32 Å². The number of aliphatic hydroxyl groups excluding tert-OH is 1. The van der Waals surface area contributed by atoms with E-state index in [0.717, 1.165) is 12.2 Å². The molecule has 112 valence electrons. The number of carbonyl (C=O) groups excluding carboxylic acids is 1. The van der Waals surface area contributed by atoms with Crippen molar-refractivity contribution in [2.45, 2.75) is 33.2 Å². The lowest BCUT2D eigenvalue weighted by atomic mass is 10.0. The molecule has 0 aliphatic rings. The summed E-state index contributed by atoms with van der Waals surface area (Å²) in [6, 6.07) is 9.95. The van der Waals surface area contributed by atoms with Crippen molar-refractivity contribution in [2.75, 3.05) is 24.6 Å². The molecule has 0 saturated carbocycles. The van der Waals surface area contributed by atoms with Crippen LogP contribution in [0.5, 0.6) is 0 Å². The normalized spacial score (nSPS) is 12.2. The second-order valence-electron chi connectivity index (χ2n) is 5.28. The highest BCUT2D eigenvalue weighted by atomic mass is 16.3. The van der Waals surface area contributed by atoms with Crippen molar-refractivity contribution in [1.29, 1.82) is 0 Å². The van der Waals surface area contributed by atoms with Gasteiger partial charge in [0, 0.05) is 24.9 Å². The number of nitrogens with zero attached hydrogens (tertiary/aromatic N) is 1. The van der Waals surface area contributed by atoms with Crippen molar-refractivity contribution < 1.29 is 9.90 Å². The fourth-order valence-electron chi connectivity index (χ4n) is 2.16. The summed E-state index contributed by atoms with van der Waals surface area (Å²) in [6.07, 6.45) is 0.598. The van der Waals surface area contributed by atoms with Crippen LogP contribution in [0.3, 0.4) is 0 Å². The van der Waals surface area contributed by atoms with Crippen LogP contribution in [0.1, 0.15) is 27.2 Å². The van der Waals surface area contributed by atoms with Gasteiger partial charge in [0.05, 0.1) is 6.54 Å². The molecular formula is C16H26N2O2. The molecule has 0 aromatic heterocycles. The third kappa shape index (κ3) is 5.21. The quantitative estimate of drug-likeness (QED) is 0.765. The van der Waals surface area contributed by atoms with E-state index in [2.05, 4.69) is 19.2 Å². The van der Waals surface area contributed by atoms with Gasteiger partial charge in [-0.1, -0.05) is 32.0 Å². The van der Waals surface area contributed by atoms with Crippen LogP contribution >= 0.6 is 0 Å². The number of hydrogen-bond acceptors (Lipinski definition) is 3. The first-order chi connectivity index (χ1) is 9.58. The van der Waals surface area contributed by atoms with Crippen LogP contribution in [0.4, 0.5) is 5.69 Å². The monoisotopic (exact) mass is 278 g/mol. The van der Waals surface area contributed by atoms with Crippen LogP contribution in [0.15, 0.2) is 30.3 Å². The number of hydrogen-bond donors (Lipinski definition) is 2. The fraction of sp³-hybridized carbons (Fsp3) is 0.562. The van der Waals surface area contributed by atoms with Crippen molar-refractivity contribution in [3.8, 4) is 0 Å². The van der Waals surface area contributed by atoms with Gasteiger partial charge in [-0.25, -0.2) is 0 Å². The zero-order chi connectivity index (χ0) is 15.0. The minimum absolute atomic E-state index is 0.00264. The first-order valence-corrected chi connectivity index (χ1v) is 7.28. The first-order valence-electron chi connectivity index (χ1n) is 7.28. The average molecular weight is 278 g/mol. The van der Waals surface area contributed by atoms with Crippen LogP contribution in [-0.4, -0.2) is 36.8 Å². The smallest absolute Gasteiger partial charge is 0.239 e. The number of anilines is 1. The van der Waals surface area contributed by atoms with E-state index in [4.69, 9.17) is 5.11 Å². The molecule has 0 spiro atoms. The number of carbonyl (C=O) groups is 1. The number of aliphatic hydroxyl groups is 1. The molecule has 0 heterocycles. The molecule has 4 nitrogen and oxygen atoms in total. The zero-order valence-electron chi connectivity index (χ0n) is 12.7. The van der Waals surface area contributed by atoms with E-state index in [1.165, 1.54) is 0 Å². The molecule has 2 N–H and O–H groups in total. The van der Waals surface area contributed by atoms with Gasteiger partial charge >= 0.3 is 0 Å². The largest absolute Gasteiger partial charge is 0.396 e. The molecule has 20 heavy (non-hydrogen) atoms. The molecule has 1 rings (SSSR count). The molecule has 1 atom stereocenters. The molecule has 0 saturated heterocycles. The Bertz CT molecular complexity index is 393. The number of amides is 1. The maximum absolute atomic E-state index is 12.1. The third-order valence-electron chi connectivity index (χ3n) is 3.43. The van der Waals surface area contributed by atoms with Crippen LogP contribution in [0, 0.1) is 5.92 Å². The molecular weight excluding hydrogens is 252 g/mol. The first kappa shape index (κ1) is 16.5. The van der Waals surface area contributed by atoms with E-state index in [-0.39, 0.29) is 18.6 Å². The molecule has 4 heteroatoms. The van der Waals surface area contributed by atoms with Crippen molar-refractivity contribution in [3.05, 3.63) is 30.3 Å². The molecule has 1 unspecified atom stereocenters. The summed E-state index contributed by atoms with van der Waals surface area (Å²) >= 11 is 0. The maximum atomic E-state index is 12.1. The lowest BCUT2D eigenvalue weighted by molar-refractivity contribution is -0.120. The summed E-state index contributed by atoms with van der Waals surface area (Å²) in [7, 11) is 0. The lowest BCUT2D eigenvalue weighted by Crippen LogP contribution is -2.44. The standard InChI is InChI=1S/C16H26N2O2/c1-4-18(14-8-6-5-7-9-14)12-16(20)17-15(10-11-19)13(2)3/h5-9,13,15,19H,4,10-12H2,1-3H3,(H,17,20). The van der Waals surface area contributed by atoms with Gasteiger partial charge in [0.25, 0.3) is 0 Å². The Morgan fingerprint density at radius 1 is 1.30 bits per heavy atom. The van der Waals surface area contributed by atoms with E-state index in [0.29, 0.717) is 18.9 Å². The van der Waals surface area contributed by atoms with Crippen molar-refractivity contribution in [2.24, 2.45) is 5.92 Å². The second-order valence-corrected chi connectivity index (χ2v) is 5.28. The Morgan fingerprint density at radius 3 is 2.45 bits per heavy atom. The minimum Gasteiger partial charge on any atom is -0.396 e. The highest BCUT2D eigenvalue weighted by Crippen LogP contribution is 2.12. The predicted molar refractivity (Wildman–Crippen MR) is 82.8 cm³/mol. The predicted octanol–water partition coefficient (Wildman–Crippen LogP) is 2.04. The van der Waals surface area contributed by atoms with Crippen LogP contribution in [-0.2, 0) is 4.79 Å². The van der Waals surface area contributed by atoms with Gasteiger partial charge in [-0.05, 0) is 31.4 Å². The maximum Gasteiger partial charge on any atom is 0.239 e. The number of likely N-dealkylation sites (N-methyl/N-ethyl adjacent to an activating group) is 1. The summed E-state index contributed by atoms with van der Waals surface area (Å²) in [4.78, 5) is 14.2. The Hall–Kier alpha value is -1.55. The highest BCUT2D eigenvalue weighted by molar-refractivity contribution is 5.81. The van der Waals surface area contributed by atoms with E-state index in [1.54, 1.807) is 0 Å². The van der Waals surface area contributed by atoms with Gasteiger partial charge in [0.15, 0.2) is 0 Å². The fourth-order valence-corrected chi connectivity index (χ4v) is 2.16. The molecule has 0 bridgehead atoms. The Morgan fingerprint density at radius 2 is 1.95 bits per heavy atom. The number of para-hydroxylation sites is 1. The Kier molecular flexibility index (Phi) is 7.09. The highest BCUT2D eigenvalue weighted by Gasteiger charge is 2.17. The topological polar surface area (TPSA) is 52.6 Å².